The third kappa shape index (κ3) is 1.30. The molecule has 2 heterocycles. The number of benzene rings is 1. The van der Waals surface area contributed by atoms with E-state index in [2.05, 4.69) is 23.8 Å². The van der Waals surface area contributed by atoms with Crippen LogP contribution < -0.4 is 9.47 Å². The van der Waals surface area contributed by atoms with Gasteiger partial charge in [-0.25, -0.2) is 9.97 Å². The summed E-state index contributed by atoms with van der Waals surface area (Å²) in [5.74, 6) is 1.91. The van der Waals surface area contributed by atoms with Gasteiger partial charge in [0.05, 0.1) is 11.2 Å². The van der Waals surface area contributed by atoms with E-state index in [0.29, 0.717) is 5.92 Å². The molecule has 0 atom stereocenters. The monoisotopic (exact) mass is 216 g/mol. The predicted octanol–water partition coefficient (Wildman–Crippen LogP) is 2.48. The number of fused-ring (bicyclic) bond motifs is 2. The fourth-order valence-electron chi connectivity index (χ4n) is 1.93. The van der Waals surface area contributed by atoms with Gasteiger partial charge in [0, 0.05) is 11.5 Å². The molecule has 0 spiro atoms. The van der Waals surface area contributed by atoms with Crippen molar-refractivity contribution in [2.24, 2.45) is 0 Å². The van der Waals surface area contributed by atoms with E-state index in [9.17, 15) is 0 Å². The average molecular weight is 216 g/mol. The van der Waals surface area contributed by atoms with Gasteiger partial charge >= 0.3 is 0 Å². The molecule has 0 aliphatic carbocycles. The van der Waals surface area contributed by atoms with Gasteiger partial charge in [-0.2, -0.15) is 0 Å². The lowest BCUT2D eigenvalue weighted by molar-refractivity contribution is 0.174. The van der Waals surface area contributed by atoms with Crippen molar-refractivity contribution in [2.45, 2.75) is 19.8 Å². The van der Waals surface area contributed by atoms with Crippen LogP contribution >= 0.6 is 0 Å². The number of nitrogens with zero attached hydrogens (tertiary/aromatic N) is 2. The molecular weight excluding hydrogens is 204 g/mol. The van der Waals surface area contributed by atoms with E-state index < -0.39 is 0 Å². The lowest BCUT2D eigenvalue weighted by Gasteiger charge is -2.08. The number of rotatable bonds is 1. The first kappa shape index (κ1) is 9.39. The molecular formula is C12H12N2O2. The van der Waals surface area contributed by atoms with E-state index in [0.717, 1.165) is 28.1 Å². The van der Waals surface area contributed by atoms with Crippen molar-refractivity contribution < 1.29 is 9.47 Å². The Labute approximate surface area is 93.2 Å². The molecule has 1 aromatic carbocycles. The van der Waals surface area contributed by atoms with Gasteiger partial charge in [0.15, 0.2) is 11.5 Å². The van der Waals surface area contributed by atoms with E-state index in [4.69, 9.17) is 9.47 Å². The highest BCUT2D eigenvalue weighted by molar-refractivity contribution is 5.85. The summed E-state index contributed by atoms with van der Waals surface area (Å²) in [6, 6.07) is 3.87. The Morgan fingerprint density at radius 2 is 1.88 bits per heavy atom. The summed E-state index contributed by atoms with van der Waals surface area (Å²) >= 11 is 0. The average Bonchev–Trinajstić information content (AvgIpc) is 2.71. The van der Waals surface area contributed by atoms with Crippen molar-refractivity contribution in [3.8, 4) is 11.5 Å². The Hall–Kier alpha value is -1.84. The number of ether oxygens (including phenoxy) is 2. The summed E-state index contributed by atoms with van der Waals surface area (Å²) in [6.07, 6.45) is 1.60. The lowest BCUT2D eigenvalue weighted by atomic mass is 10.0. The van der Waals surface area contributed by atoms with Crippen molar-refractivity contribution in [3.63, 3.8) is 0 Å². The van der Waals surface area contributed by atoms with E-state index in [1.54, 1.807) is 6.33 Å². The summed E-state index contributed by atoms with van der Waals surface area (Å²) in [5.41, 5.74) is 1.95. The molecule has 0 radical (unpaired) electrons. The van der Waals surface area contributed by atoms with Crippen LogP contribution in [0.1, 0.15) is 25.5 Å². The summed E-state index contributed by atoms with van der Waals surface area (Å²) in [7, 11) is 0. The van der Waals surface area contributed by atoms with Gasteiger partial charge in [0.1, 0.15) is 6.33 Å². The maximum Gasteiger partial charge on any atom is 0.231 e. The fourth-order valence-corrected chi connectivity index (χ4v) is 1.93. The quantitative estimate of drug-likeness (QED) is 0.734. The van der Waals surface area contributed by atoms with Crippen molar-refractivity contribution in [3.05, 3.63) is 24.2 Å². The molecule has 4 heteroatoms. The minimum atomic E-state index is 0.288. The molecule has 1 aliphatic rings. The third-order valence-electron chi connectivity index (χ3n) is 2.71. The molecule has 0 saturated heterocycles. The molecule has 4 nitrogen and oxygen atoms in total. The van der Waals surface area contributed by atoms with Crippen LogP contribution in [-0.2, 0) is 0 Å². The van der Waals surface area contributed by atoms with E-state index >= 15 is 0 Å². The predicted molar refractivity (Wildman–Crippen MR) is 59.8 cm³/mol. The van der Waals surface area contributed by atoms with Crippen molar-refractivity contribution >= 4 is 10.9 Å². The number of aromatic nitrogens is 2. The second kappa shape index (κ2) is 3.33. The minimum Gasteiger partial charge on any atom is -0.454 e. The molecule has 82 valence electrons. The standard InChI is InChI=1S/C12H12N2O2/c1-7(2)12-8-3-10-11(16-6-15-10)4-9(8)13-5-14-12/h3-5,7H,6H2,1-2H3. The molecule has 3 rings (SSSR count). The van der Waals surface area contributed by atoms with E-state index in [1.807, 2.05) is 12.1 Å². The molecule has 0 fully saturated rings. The molecule has 16 heavy (non-hydrogen) atoms. The summed E-state index contributed by atoms with van der Waals surface area (Å²) in [5, 5.41) is 1.04. The van der Waals surface area contributed by atoms with Crippen LogP contribution in [0.5, 0.6) is 11.5 Å². The van der Waals surface area contributed by atoms with Crippen LogP contribution in [0.15, 0.2) is 18.5 Å². The SMILES string of the molecule is CC(C)c1ncnc2cc3c(cc12)OCO3. The van der Waals surface area contributed by atoms with Crippen molar-refractivity contribution in [2.75, 3.05) is 6.79 Å². The first-order valence-corrected chi connectivity index (χ1v) is 5.30. The summed E-state index contributed by atoms with van der Waals surface area (Å²) in [6.45, 7) is 4.52. The third-order valence-corrected chi connectivity index (χ3v) is 2.71. The minimum absolute atomic E-state index is 0.288. The zero-order valence-electron chi connectivity index (χ0n) is 9.23. The summed E-state index contributed by atoms with van der Waals surface area (Å²) < 4.78 is 10.7. The van der Waals surface area contributed by atoms with Gasteiger partial charge in [-0.1, -0.05) is 13.8 Å². The Balaban J connectivity index is 2.31. The van der Waals surface area contributed by atoms with Crippen LogP contribution in [0.2, 0.25) is 0 Å². The highest BCUT2D eigenvalue weighted by Crippen LogP contribution is 2.36. The van der Waals surface area contributed by atoms with Gasteiger partial charge < -0.3 is 9.47 Å². The van der Waals surface area contributed by atoms with Gasteiger partial charge in [-0.15, -0.1) is 0 Å². The Kier molecular flexibility index (Phi) is 1.96. The van der Waals surface area contributed by atoms with Gasteiger partial charge in [-0.05, 0) is 12.0 Å². The molecule has 0 bridgehead atoms. The Morgan fingerprint density at radius 1 is 1.12 bits per heavy atom. The van der Waals surface area contributed by atoms with E-state index in [-0.39, 0.29) is 6.79 Å². The van der Waals surface area contributed by atoms with Crippen LogP contribution in [0.3, 0.4) is 0 Å². The lowest BCUT2D eigenvalue weighted by Crippen LogP contribution is -1.95. The van der Waals surface area contributed by atoms with Gasteiger partial charge in [-0.3, -0.25) is 0 Å². The molecule has 0 N–H and O–H groups in total. The largest absolute Gasteiger partial charge is 0.454 e. The first-order chi connectivity index (χ1) is 7.75. The number of hydrogen-bond acceptors (Lipinski definition) is 4. The van der Waals surface area contributed by atoms with Crippen molar-refractivity contribution in [1.29, 1.82) is 0 Å². The maximum atomic E-state index is 5.36. The highest BCUT2D eigenvalue weighted by Gasteiger charge is 2.17. The van der Waals surface area contributed by atoms with Crippen LogP contribution in [0.4, 0.5) is 0 Å². The topological polar surface area (TPSA) is 44.2 Å². The second-order valence-corrected chi connectivity index (χ2v) is 4.14. The Bertz CT molecular complexity index is 552. The van der Waals surface area contributed by atoms with Crippen LogP contribution in [0, 0.1) is 0 Å². The van der Waals surface area contributed by atoms with E-state index in [1.165, 1.54) is 0 Å². The van der Waals surface area contributed by atoms with Crippen molar-refractivity contribution in [1.82, 2.24) is 9.97 Å². The van der Waals surface area contributed by atoms with Crippen LogP contribution in [-0.4, -0.2) is 16.8 Å². The highest BCUT2D eigenvalue weighted by atomic mass is 16.7. The smallest absolute Gasteiger partial charge is 0.231 e. The van der Waals surface area contributed by atoms with Gasteiger partial charge in [0.25, 0.3) is 0 Å². The molecule has 1 aliphatic heterocycles. The molecule has 0 saturated carbocycles. The Morgan fingerprint density at radius 3 is 2.62 bits per heavy atom. The zero-order valence-corrected chi connectivity index (χ0v) is 9.23. The van der Waals surface area contributed by atoms with Crippen LogP contribution in [0.25, 0.3) is 10.9 Å². The maximum absolute atomic E-state index is 5.36. The fraction of sp³-hybridized carbons (Fsp3) is 0.333. The normalized spacial score (nSPS) is 13.7. The molecule has 1 aromatic heterocycles. The first-order valence-electron chi connectivity index (χ1n) is 5.30. The molecule has 0 amide bonds. The van der Waals surface area contributed by atoms with Gasteiger partial charge in [0.2, 0.25) is 6.79 Å². The zero-order chi connectivity index (χ0) is 11.1. The number of hydrogen-bond donors (Lipinski definition) is 0. The molecule has 0 unspecified atom stereocenters. The second-order valence-electron chi connectivity index (χ2n) is 4.14. The molecule has 2 aromatic rings. The summed E-state index contributed by atoms with van der Waals surface area (Å²) in [4.78, 5) is 8.58.